The Bertz CT molecular complexity index is 682. The van der Waals surface area contributed by atoms with E-state index in [-0.39, 0.29) is 21.4 Å². The summed E-state index contributed by atoms with van der Waals surface area (Å²) in [6.45, 7) is 3.74. The molecule has 1 N–H and O–H groups in total. The molecule has 1 aromatic carbocycles. The fourth-order valence-electron chi connectivity index (χ4n) is 1.59. The molecule has 0 saturated carbocycles. The van der Waals surface area contributed by atoms with E-state index in [9.17, 15) is 13.2 Å². The van der Waals surface area contributed by atoms with Crippen molar-refractivity contribution in [3.63, 3.8) is 0 Å². The standard InChI is InChI=1S/C13H16ClN3O3S/c1-4-17(3)13(18)9(2)16-21(19,20)11-6-5-10(8-15)12(14)7-11/h5-7,9,16H,4H2,1-3H3. The SMILES string of the molecule is CCN(C)C(=O)C(C)NS(=O)(=O)c1ccc(C#N)c(Cl)c1. The zero-order valence-electron chi connectivity index (χ0n) is 11.9. The Hall–Kier alpha value is -1.62. The van der Waals surface area contributed by atoms with Crippen LogP contribution in [0.2, 0.25) is 5.02 Å². The number of hydrogen-bond acceptors (Lipinski definition) is 4. The lowest BCUT2D eigenvalue weighted by Gasteiger charge is -2.20. The van der Waals surface area contributed by atoms with Crippen LogP contribution < -0.4 is 4.72 Å². The predicted molar refractivity (Wildman–Crippen MR) is 79.3 cm³/mol. The number of hydrogen-bond donors (Lipinski definition) is 1. The Morgan fingerprint density at radius 1 is 1.52 bits per heavy atom. The summed E-state index contributed by atoms with van der Waals surface area (Å²) in [5, 5.41) is 8.82. The van der Waals surface area contributed by atoms with Gasteiger partial charge in [-0.3, -0.25) is 4.79 Å². The van der Waals surface area contributed by atoms with Crippen LogP contribution in [-0.4, -0.2) is 38.9 Å². The second-order valence-corrected chi connectivity index (χ2v) is 6.57. The molecule has 114 valence electrons. The number of benzene rings is 1. The number of halogens is 1. The maximum absolute atomic E-state index is 12.2. The minimum atomic E-state index is -3.89. The van der Waals surface area contributed by atoms with Crippen molar-refractivity contribution < 1.29 is 13.2 Å². The van der Waals surface area contributed by atoms with Crippen LogP contribution in [0, 0.1) is 11.3 Å². The van der Waals surface area contributed by atoms with Gasteiger partial charge in [0.05, 0.1) is 21.5 Å². The second-order valence-electron chi connectivity index (χ2n) is 4.45. The highest BCUT2D eigenvalue weighted by Gasteiger charge is 2.24. The summed E-state index contributed by atoms with van der Waals surface area (Å²) in [6, 6.07) is 4.73. The molecule has 8 heteroatoms. The third-order valence-corrected chi connectivity index (χ3v) is 4.78. The molecule has 1 amide bonds. The lowest BCUT2D eigenvalue weighted by molar-refractivity contribution is -0.131. The summed E-state index contributed by atoms with van der Waals surface area (Å²) >= 11 is 5.82. The summed E-state index contributed by atoms with van der Waals surface area (Å²) in [6.07, 6.45) is 0. The third-order valence-electron chi connectivity index (χ3n) is 2.92. The fourth-order valence-corrected chi connectivity index (χ4v) is 3.10. The molecular weight excluding hydrogens is 314 g/mol. The Morgan fingerprint density at radius 3 is 2.62 bits per heavy atom. The Kier molecular flexibility index (Phi) is 5.72. The van der Waals surface area contributed by atoms with E-state index < -0.39 is 16.1 Å². The van der Waals surface area contributed by atoms with E-state index in [1.165, 1.54) is 30.0 Å². The molecule has 1 atom stereocenters. The largest absolute Gasteiger partial charge is 0.345 e. The predicted octanol–water partition coefficient (Wildman–Crippen LogP) is 1.36. The molecule has 0 aliphatic carbocycles. The quantitative estimate of drug-likeness (QED) is 0.883. The molecule has 0 radical (unpaired) electrons. The smallest absolute Gasteiger partial charge is 0.241 e. The van der Waals surface area contributed by atoms with Gasteiger partial charge < -0.3 is 4.90 Å². The van der Waals surface area contributed by atoms with Crippen LogP contribution in [0.25, 0.3) is 0 Å². The van der Waals surface area contributed by atoms with Gasteiger partial charge in [0.25, 0.3) is 0 Å². The van der Waals surface area contributed by atoms with Crippen LogP contribution >= 0.6 is 11.6 Å². The molecule has 6 nitrogen and oxygen atoms in total. The molecule has 0 fully saturated rings. The number of carbonyl (C=O) groups is 1. The van der Waals surface area contributed by atoms with Gasteiger partial charge in [-0.05, 0) is 32.0 Å². The summed E-state index contributed by atoms with van der Waals surface area (Å²) in [7, 11) is -2.30. The molecule has 0 saturated heterocycles. The zero-order chi connectivity index (χ0) is 16.2. The molecule has 21 heavy (non-hydrogen) atoms. The average molecular weight is 330 g/mol. The fraction of sp³-hybridized carbons (Fsp3) is 0.385. The van der Waals surface area contributed by atoms with Crippen molar-refractivity contribution in [3.8, 4) is 6.07 Å². The first kappa shape index (κ1) is 17.4. The molecule has 0 aromatic heterocycles. The summed E-state index contributed by atoms with van der Waals surface area (Å²) in [5.41, 5.74) is 0.186. The molecule has 1 aromatic rings. The number of likely N-dealkylation sites (N-methyl/N-ethyl adjacent to an activating group) is 1. The highest BCUT2D eigenvalue weighted by atomic mass is 35.5. The van der Waals surface area contributed by atoms with Crippen LogP contribution in [0.4, 0.5) is 0 Å². The monoisotopic (exact) mass is 329 g/mol. The molecule has 0 aliphatic heterocycles. The van der Waals surface area contributed by atoms with Crippen LogP contribution in [0.5, 0.6) is 0 Å². The number of rotatable bonds is 5. The van der Waals surface area contributed by atoms with E-state index in [0.29, 0.717) is 6.54 Å². The van der Waals surface area contributed by atoms with E-state index in [1.807, 2.05) is 6.07 Å². The first-order chi connectivity index (χ1) is 9.72. The highest BCUT2D eigenvalue weighted by Crippen LogP contribution is 2.20. The average Bonchev–Trinajstić information content (AvgIpc) is 2.44. The first-order valence-corrected chi connectivity index (χ1v) is 8.06. The van der Waals surface area contributed by atoms with Crippen molar-refractivity contribution >= 4 is 27.5 Å². The van der Waals surface area contributed by atoms with Gasteiger partial charge in [0.2, 0.25) is 15.9 Å². The molecular formula is C13H16ClN3O3S. The maximum Gasteiger partial charge on any atom is 0.241 e. The highest BCUT2D eigenvalue weighted by molar-refractivity contribution is 7.89. The molecule has 1 rings (SSSR count). The lowest BCUT2D eigenvalue weighted by atomic mass is 10.2. The lowest BCUT2D eigenvalue weighted by Crippen LogP contribution is -2.45. The summed E-state index contributed by atoms with van der Waals surface area (Å²) in [5.74, 6) is -0.333. The van der Waals surface area contributed by atoms with Crippen molar-refractivity contribution in [1.82, 2.24) is 9.62 Å². The van der Waals surface area contributed by atoms with Crippen molar-refractivity contribution in [1.29, 1.82) is 5.26 Å². The van der Waals surface area contributed by atoms with E-state index >= 15 is 0 Å². The maximum atomic E-state index is 12.2. The number of carbonyl (C=O) groups excluding carboxylic acids is 1. The van der Waals surface area contributed by atoms with E-state index in [2.05, 4.69) is 4.72 Å². The number of nitriles is 1. The molecule has 0 spiro atoms. The topological polar surface area (TPSA) is 90.3 Å². The summed E-state index contributed by atoms with van der Waals surface area (Å²) < 4.78 is 26.7. The van der Waals surface area contributed by atoms with Gasteiger partial charge in [-0.1, -0.05) is 11.6 Å². The molecule has 0 bridgehead atoms. The van der Waals surface area contributed by atoms with Gasteiger partial charge in [-0.25, -0.2) is 8.42 Å². The number of nitrogens with one attached hydrogen (secondary N) is 1. The van der Waals surface area contributed by atoms with Crippen molar-refractivity contribution in [3.05, 3.63) is 28.8 Å². The van der Waals surface area contributed by atoms with Crippen LogP contribution in [0.1, 0.15) is 19.4 Å². The summed E-state index contributed by atoms with van der Waals surface area (Å²) in [4.78, 5) is 13.2. The Morgan fingerprint density at radius 2 is 2.14 bits per heavy atom. The Balaban J connectivity index is 3.00. The number of sulfonamides is 1. The van der Waals surface area contributed by atoms with Gasteiger partial charge >= 0.3 is 0 Å². The van der Waals surface area contributed by atoms with Crippen LogP contribution in [0.15, 0.2) is 23.1 Å². The molecule has 0 heterocycles. The third kappa shape index (κ3) is 4.17. The number of amides is 1. The van der Waals surface area contributed by atoms with Gasteiger partial charge in [0, 0.05) is 13.6 Å². The van der Waals surface area contributed by atoms with E-state index in [0.717, 1.165) is 0 Å². The van der Waals surface area contributed by atoms with Gasteiger partial charge in [-0.2, -0.15) is 9.98 Å². The number of nitrogens with zero attached hydrogens (tertiary/aromatic N) is 2. The van der Waals surface area contributed by atoms with Crippen LogP contribution in [-0.2, 0) is 14.8 Å². The minimum absolute atomic E-state index is 0.0463. The van der Waals surface area contributed by atoms with Gasteiger partial charge in [0.1, 0.15) is 6.07 Å². The van der Waals surface area contributed by atoms with Crippen molar-refractivity contribution in [2.45, 2.75) is 24.8 Å². The zero-order valence-corrected chi connectivity index (χ0v) is 13.5. The van der Waals surface area contributed by atoms with Crippen LogP contribution in [0.3, 0.4) is 0 Å². The van der Waals surface area contributed by atoms with Gasteiger partial charge in [0.15, 0.2) is 0 Å². The second kappa shape index (κ2) is 6.89. The van der Waals surface area contributed by atoms with E-state index in [1.54, 1.807) is 14.0 Å². The normalized spacial score (nSPS) is 12.5. The molecule has 0 aliphatic rings. The van der Waals surface area contributed by atoms with Crippen molar-refractivity contribution in [2.24, 2.45) is 0 Å². The van der Waals surface area contributed by atoms with Crippen molar-refractivity contribution in [2.75, 3.05) is 13.6 Å². The van der Waals surface area contributed by atoms with E-state index in [4.69, 9.17) is 16.9 Å². The van der Waals surface area contributed by atoms with Gasteiger partial charge in [-0.15, -0.1) is 0 Å². The minimum Gasteiger partial charge on any atom is -0.345 e. The Labute approximate surface area is 129 Å². The molecule has 1 unspecified atom stereocenters. The first-order valence-electron chi connectivity index (χ1n) is 6.20.